The lowest BCUT2D eigenvalue weighted by Gasteiger charge is -2.30. The van der Waals surface area contributed by atoms with E-state index in [0.29, 0.717) is 24.5 Å². The number of nitrogens with zero attached hydrogens (tertiary/aromatic N) is 2. The number of amides is 2. The third kappa shape index (κ3) is 4.56. The molecular formula is C34H34N2O4. The van der Waals surface area contributed by atoms with Crippen LogP contribution in [0.2, 0.25) is 0 Å². The number of anilines is 1. The Balaban J connectivity index is 1.26. The highest BCUT2D eigenvalue weighted by atomic mass is 16.5. The number of hydrogen-bond acceptors (Lipinski definition) is 5. The predicted molar refractivity (Wildman–Crippen MR) is 155 cm³/mol. The molecule has 1 aliphatic carbocycles. The molecule has 6 heteroatoms. The van der Waals surface area contributed by atoms with Gasteiger partial charge in [0.25, 0.3) is 0 Å². The number of hydrogen-bond donors (Lipinski definition) is 1. The van der Waals surface area contributed by atoms with Crippen molar-refractivity contribution in [1.82, 2.24) is 4.98 Å². The van der Waals surface area contributed by atoms with Gasteiger partial charge in [-0.15, -0.1) is 0 Å². The van der Waals surface area contributed by atoms with Gasteiger partial charge in [0.1, 0.15) is 5.75 Å². The maximum Gasteiger partial charge on any atom is 0.238 e. The Bertz CT molecular complexity index is 1500. The van der Waals surface area contributed by atoms with Gasteiger partial charge in [0.05, 0.1) is 35.9 Å². The van der Waals surface area contributed by atoms with Crippen LogP contribution in [0, 0.1) is 31.6 Å². The van der Waals surface area contributed by atoms with Crippen LogP contribution in [0.15, 0.2) is 78.0 Å². The summed E-state index contributed by atoms with van der Waals surface area (Å²) < 4.78 is 6.37. The van der Waals surface area contributed by atoms with Crippen LogP contribution in [0.3, 0.4) is 0 Å². The minimum absolute atomic E-state index is 0.0708. The maximum absolute atomic E-state index is 13.6. The topological polar surface area (TPSA) is 79.7 Å². The van der Waals surface area contributed by atoms with Crippen molar-refractivity contribution in [3.05, 3.63) is 100 Å². The molecule has 1 N–H and O–H groups in total. The van der Waals surface area contributed by atoms with Crippen molar-refractivity contribution in [2.24, 2.45) is 17.8 Å². The van der Waals surface area contributed by atoms with Gasteiger partial charge < -0.3 is 9.84 Å². The van der Waals surface area contributed by atoms with E-state index in [1.165, 1.54) is 16.0 Å². The van der Waals surface area contributed by atoms with Crippen LogP contribution in [-0.4, -0.2) is 34.6 Å². The van der Waals surface area contributed by atoms with Crippen LogP contribution < -0.4 is 4.90 Å². The van der Waals surface area contributed by atoms with E-state index in [1.807, 2.05) is 74.5 Å². The molecule has 0 unspecified atom stereocenters. The normalized spacial score (nSPS) is 24.5. The second-order valence-electron chi connectivity index (χ2n) is 11.3. The van der Waals surface area contributed by atoms with Gasteiger partial charge in [0.15, 0.2) is 0 Å². The molecule has 3 aromatic rings. The van der Waals surface area contributed by atoms with Gasteiger partial charge in [-0.2, -0.15) is 0 Å². The maximum atomic E-state index is 13.6. The number of carbonyl (C=O) groups excluding carboxylic acids is 2. The fourth-order valence-electron chi connectivity index (χ4n) is 6.85. The number of pyridine rings is 1. The molecule has 2 amide bonds. The fraction of sp³-hybridized carbons (Fsp3) is 0.324. The highest BCUT2D eigenvalue weighted by Gasteiger charge is 2.56. The summed E-state index contributed by atoms with van der Waals surface area (Å²) >= 11 is 0. The molecule has 2 saturated heterocycles. The Morgan fingerprint density at radius 1 is 1.00 bits per heavy atom. The largest absolute Gasteiger partial charge is 0.507 e. The first-order valence-corrected chi connectivity index (χ1v) is 14.0. The minimum atomic E-state index is -0.370. The lowest BCUT2D eigenvalue weighted by Crippen LogP contribution is -2.34. The van der Waals surface area contributed by atoms with Crippen molar-refractivity contribution in [1.29, 1.82) is 0 Å². The molecule has 6 rings (SSSR count). The Morgan fingerprint density at radius 2 is 1.73 bits per heavy atom. The summed E-state index contributed by atoms with van der Waals surface area (Å²) in [4.78, 5) is 33.0. The van der Waals surface area contributed by atoms with E-state index in [4.69, 9.17) is 4.74 Å². The van der Waals surface area contributed by atoms with Crippen molar-refractivity contribution in [2.75, 3.05) is 11.5 Å². The number of phenols is 1. The number of fused-ring (bicyclic) bond motifs is 3. The molecule has 2 aliphatic heterocycles. The van der Waals surface area contributed by atoms with Crippen LogP contribution >= 0.6 is 0 Å². The van der Waals surface area contributed by atoms with Crippen LogP contribution in [0.25, 0.3) is 11.6 Å². The van der Waals surface area contributed by atoms with Gasteiger partial charge >= 0.3 is 0 Å². The third-order valence-corrected chi connectivity index (χ3v) is 8.69. The van der Waals surface area contributed by atoms with E-state index < -0.39 is 0 Å². The summed E-state index contributed by atoms with van der Waals surface area (Å²) in [6.07, 6.45) is 5.93. The number of aromatic hydroxyl groups is 1. The quantitative estimate of drug-likeness (QED) is 0.298. The predicted octanol–water partition coefficient (Wildman–Crippen LogP) is 6.27. The van der Waals surface area contributed by atoms with E-state index in [1.54, 1.807) is 6.20 Å². The number of ether oxygens (including phenoxy) is 1. The number of rotatable bonds is 6. The molecule has 2 aromatic carbocycles. The molecule has 204 valence electrons. The van der Waals surface area contributed by atoms with Gasteiger partial charge in [-0.1, -0.05) is 29.8 Å². The SMILES string of the molecule is CC1=C2[C@@H](CC/C(=C/c3cc(C)c(O)c(C)c3)c3ccccn3)OC[C@@H]2[C@@H]2C(=O)N(c3ccccc3)C(=O)[C@@H]2C1. The van der Waals surface area contributed by atoms with Gasteiger partial charge in [-0.25, -0.2) is 0 Å². The van der Waals surface area contributed by atoms with E-state index in [2.05, 4.69) is 18.0 Å². The van der Waals surface area contributed by atoms with Crippen molar-refractivity contribution in [3.63, 3.8) is 0 Å². The van der Waals surface area contributed by atoms with E-state index in [9.17, 15) is 14.7 Å². The van der Waals surface area contributed by atoms with Gasteiger partial charge in [-0.3, -0.25) is 19.5 Å². The second-order valence-corrected chi connectivity index (χ2v) is 11.3. The lowest BCUT2D eigenvalue weighted by atomic mass is 9.70. The van der Waals surface area contributed by atoms with Crippen molar-refractivity contribution in [2.45, 2.75) is 46.1 Å². The molecule has 6 nitrogen and oxygen atoms in total. The van der Waals surface area contributed by atoms with E-state index in [-0.39, 0.29) is 35.7 Å². The molecule has 3 heterocycles. The zero-order valence-corrected chi connectivity index (χ0v) is 23.1. The molecule has 0 radical (unpaired) electrons. The summed E-state index contributed by atoms with van der Waals surface area (Å²) in [5, 5.41) is 10.2. The summed E-state index contributed by atoms with van der Waals surface area (Å²) in [5.74, 6) is -0.640. The highest BCUT2D eigenvalue weighted by molar-refractivity contribution is 6.22. The molecule has 2 fully saturated rings. The summed E-state index contributed by atoms with van der Waals surface area (Å²) in [6.45, 7) is 6.37. The number of allylic oxidation sites excluding steroid dienone is 2. The average Bonchev–Trinajstić information content (AvgIpc) is 3.49. The number of phenolic OH excluding ortho intramolecular Hbond substituents is 1. The molecule has 0 spiro atoms. The monoisotopic (exact) mass is 534 g/mol. The minimum Gasteiger partial charge on any atom is -0.507 e. The molecule has 0 bridgehead atoms. The molecular weight excluding hydrogens is 500 g/mol. The number of aryl methyl sites for hydroxylation is 2. The first-order chi connectivity index (χ1) is 19.3. The Hall–Kier alpha value is -4.03. The highest BCUT2D eigenvalue weighted by Crippen LogP contribution is 2.50. The molecule has 40 heavy (non-hydrogen) atoms. The Kier molecular flexibility index (Phi) is 6.88. The van der Waals surface area contributed by atoms with Gasteiger partial charge in [-0.05, 0) is 110 Å². The standard InChI is InChI=1S/C34H34N2O4/c1-20-17-26-31(34(39)36(33(26)38)25-9-5-4-6-10-25)27-19-40-29(30(20)27)13-12-24(28-11-7-8-14-35-28)18-23-15-21(2)32(37)22(3)16-23/h4-11,14-16,18,26-27,29,31,37H,12-13,17,19H2,1-3H3/b24-18-/t26-,27+,29-,31-/m1/s1. The Morgan fingerprint density at radius 3 is 2.42 bits per heavy atom. The smallest absolute Gasteiger partial charge is 0.238 e. The average molecular weight is 535 g/mol. The zero-order chi connectivity index (χ0) is 28.0. The van der Waals surface area contributed by atoms with Gasteiger partial charge in [0, 0.05) is 12.1 Å². The molecule has 3 aliphatic rings. The third-order valence-electron chi connectivity index (χ3n) is 8.69. The number of imide groups is 1. The molecule has 0 saturated carbocycles. The van der Waals surface area contributed by atoms with Crippen molar-refractivity contribution in [3.8, 4) is 5.75 Å². The zero-order valence-electron chi connectivity index (χ0n) is 23.1. The first kappa shape index (κ1) is 26.2. The van der Waals surface area contributed by atoms with Crippen LogP contribution in [0.4, 0.5) is 5.69 Å². The van der Waals surface area contributed by atoms with Gasteiger partial charge in [0.2, 0.25) is 11.8 Å². The summed E-state index contributed by atoms with van der Waals surface area (Å²) in [5.41, 5.74) is 7.72. The molecule has 4 atom stereocenters. The van der Waals surface area contributed by atoms with E-state index in [0.717, 1.165) is 40.8 Å². The first-order valence-electron chi connectivity index (χ1n) is 14.0. The number of carbonyl (C=O) groups is 2. The van der Waals surface area contributed by atoms with Crippen molar-refractivity contribution >= 4 is 29.2 Å². The fourth-order valence-corrected chi connectivity index (χ4v) is 6.85. The molecule has 1 aromatic heterocycles. The lowest BCUT2D eigenvalue weighted by molar-refractivity contribution is -0.122. The van der Waals surface area contributed by atoms with E-state index >= 15 is 0 Å². The van der Waals surface area contributed by atoms with Crippen LogP contribution in [0.1, 0.15) is 48.6 Å². The van der Waals surface area contributed by atoms with Crippen LogP contribution in [0.5, 0.6) is 5.75 Å². The second kappa shape index (κ2) is 10.5. The summed E-state index contributed by atoms with van der Waals surface area (Å²) in [7, 11) is 0. The van der Waals surface area contributed by atoms with Crippen LogP contribution in [-0.2, 0) is 14.3 Å². The number of aromatic nitrogens is 1. The number of para-hydroxylation sites is 1. The number of benzene rings is 2. The summed E-state index contributed by atoms with van der Waals surface area (Å²) in [6, 6.07) is 19.1. The Labute approximate surface area is 235 Å². The van der Waals surface area contributed by atoms with Crippen molar-refractivity contribution < 1.29 is 19.4 Å².